The third-order valence-electron chi connectivity index (χ3n) is 3.26. The Morgan fingerprint density at radius 2 is 1.94 bits per heavy atom. The molecule has 1 aliphatic rings. The van der Waals surface area contributed by atoms with Gasteiger partial charge in [-0.1, -0.05) is 12.8 Å². The molecule has 4 heteroatoms. The number of rotatable bonds is 3. The highest BCUT2D eigenvalue weighted by Crippen LogP contribution is 2.21. The highest BCUT2D eigenvalue weighted by Gasteiger charge is 2.17. The number of nitrogens with zero attached hydrogens (tertiary/aromatic N) is 1. The van der Waals surface area contributed by atoms with Crippen LogP contribution in [0.1, 0.15) is 48.9 Å². The Kier molecular flexibility index (Phi) is 4.56. The minimum Gasteiger partial charge on any atom is -0.481 e. The zero-order valence-electron chi connectivity index (χ0n) is 10.7. The summed E-state index contributed by atoms with van der Waals surface area (Å²) in [6.45, 7) is 0. The van der Waals surface area contributed by atoms with Crippen molar-refractivity contribution in [3.8, 4) is 5.88 Å². The van der Waals surface area contributed by atoms with E-state index < -0.39 is 0 Å². The van der Waals surface area contributed by atoms with Crippen LogP contribution >= 0.6 is 0 Å². The van der Waals surface area contributed by atoms with Crippen molar-refractivity contribution in [1.82, 2.24) is 4.98 Å². The number of pyridine rings is 1. The van der Waals surface area contributed by atoms with Crippen LogP contribution in [0, 0.1) is 0 Å². The molecule has 0 N–H and O–H groups in total. The van der Waals surface area contributed by atoms with Gasteiger partial charge in [0, 0.05) is 12.3 Å². The van der Waals surface area contributed by atoms with E-state index in [9.17, 15) is 4.79 Å². The second-order valence-electron chi connectivity index (χ2n) is 4.61. The van der Waals surface area contributed by atoms with Crippen LogP contribution in [-0.2, 0) is 4.74 Å². The fourth-order valence-electron chi connectivity index (χ4n) is 2.20. The molecule has 0 unspecified atom stereocenters. The van der Waals surface area contributed by atoms with Crippen LogP contribution in [0.3, 0.4) is 0 Å². The highest BCUT2D eigenvalue weighted by molar-refractivity contribution is 5.89. The third-order valence-corrected chi connectivity index (χ3v) is 3.26. The molecule has 0 radical (unpaired) electrons. The molecule has 0 aromatic carbocycles. The fraction of sp³-hybridized carbons (Fsp3) is 0.571. The van der Waals surface area contributed by atoms with Crippen LogP contribution in [0.4, 0.5) is 0 Å². The molecule has 98 valence electrons. The molecule has 2 rings (SSSR count). The molecule has 0 atom stereocenters. The number of carbonyl (C=O) groups excluding carboxylic acids is 1. The molecule has 1 fully saturated rings. The smallest absolute Gasteiger partial charge is 0.339 e. The van der Waals surface area contributed by atoms with E-state index in [0.717, 1.165) is 25.7 Å². The van der Waals surface area contributed by atoms with E-state index in [0.29, 0.717) is 11.4 Å². The van der Waals surface area contributed by atoms with Crippen LogP contribution in [0.15, 0.2) is 18.3 Å². The standard InChI is InChI=1S/C14H19NO3/c1-17-13-9-8-11(10-15-13)14(16)18-12-6-4-2-3-5-7-12/h8-10,12H,2-7H2,1H3. The van der Waals surface area contributed by atoms with Crippen LogP contribution in [0.5, 0.6) is 5.88 Å². The summed E-state index contributed by atoms with van der Waals surface area (Å²) in [6, 6.07) is 3.36. The predicted octanol–water partition coefficient (Wildman–Crippen LogP) is 2.97. The average molecular weight is 249 g/mol. The Morgan fingerprint density at radius 1 is 1.22 bits per heavy atom. The maximum atomic E-state index is 11.9. The van der Waals surface area contributed by atoms with Crippen LogP contribution in [-0.4, -0.2) is 24.2 Å². The Bertz CT molecular complexity index is 381. The molecule has 0 bridgehead atoms. The first kappa shape index (κ1) is 12.9. The SMILES string of the molecule is COc1ccc(C(=O)OC2CCCCCC2)cn1. The van der Waals surface area contributed by atoms with Crippen LogP contribution < -0.4 is 4.74 Å². The molecule has 1 aliphatic carbocycles. The molecule has 0 amide bonds. The summed E-state index contributed by atoms with van der Waals surface area (Å²) < 4.78 is 10.5. The minimum absolute atomic E-state index is 0.0714. The maximum Gasteiger partial charge on any atom is 0.339 e. The van der Waals surface area contributed by atoms with E-state index in [4.69, 9.17) is 9.47 Å². The Hall–Kier alpha value is -1.58. The van der Waals surface area contributed by atoms with E-state index in [1.165, 1.54) is 19.0 Å². The Labute approximate surface area is 107 Å². The number of esters is 1. The first-order valence-corrected chi connectivity index (χ1v) is 6.50. The number of methoxy groups -OCH3 is 1. The van der Waals surface area contributed by atoms with Crippen LogP contribution in [0.25, 0.3) is 0 Å². The molecule has 1 aromatic heterocycles. The van der Waals surface area contributed by atoms with E-state index in [1.54, 1.807) is 19.2 Å². The second-order valence-corrected chi connectivity index (χ2v) is 4.61. The van der Waals surface area contributed by atoms with Gasteiger partial charge in [-0.15, -0.1) is 0 Å². The van der Waals surface area contributed by atoms with Gasteiger partial charge in [0.1, 0.15) is 6.10 Å². The van der Waals surface area contributed by atoms with Crippen molar-refractivity contribution in [2.45, 2.75) is 44.6 Å². The summed E-state index contributed by atoms with van der Waals surface area (Å²) in [6.07, 6.45) is 8.33. The van der Waals surface area contributed by atoms with Gasteiger partial charge in [0.25, 0.3) is 0 Å². The van der Waals surface area contributed by atoms with E-state index >= 15 is 0 Å². The summed E-state index contributed by atoms with van der Waals surface area (Å²) >= 11 is 0. The van der Waals surface area contributed by atoms with Crippen molar-refractivity contribution in [3.63, 3.8) is 0 Å². The lowest BCUT2D eigenvalue weighted by Crippen LogP contribution is -2.17. The molecule has 1 aromatic rings. The molecular weight excluding hydrogens is 230 g/mol. The number of carbonyl (C=O) groups is 1. The van der Waals surface area contributed by atoms with Gasteiger partial charge in [-0.2, -0.15) is 0 Å². The third kappa shape index (κ3) is 3.45. The van der Waals surface area contributed by atoms with Crippen molar-refractivity contribution in [1.29, 1.82) is 0 Å². The van der Waals surface area contributed by atoms with Gasteiger partial charge < -0.3 is 9.47 Å². The van der Waals surface area contributed by atoms with Crippen molar-refractivity contribution in [3.05, 3.63) is 23.9 Å². The molecule has 18 heavy (non-hydrogen) atoms. The number of hydrogen-bond donors (Lipinski definition) is 0. The van der Waals surface area contributed by atoms with Gasteiger partial charge in [0.05, 0.1) is 12.7 Å². The van der Waals surface area contributed by atoms with Crippen molar-refractivity contribution >= 4 is 5.97 Å². The lowest BCUT2D eigenvalue weighted by Gasteiger charge is -2.15. The molecule has 0 spiro atoms. The lowest BCUT2D eigenvalue weighted by molar-refractivity contribution is 0.0267. The van der Waals surface area contributed by atoms with Gasteiger partial charge in [-0.05, 0) is 31.7 Å². The first-order chi connectivity index (χ1) is 8.79. The van der Waals surface area contributed by atoms with E-state index in [2.05, 4.69) is 4.98 Å². The van der Waals surface area contributed by atoms with Gasteiger partial charge in [-0.25, -0.2) is 9.78 Å². The zero-order chi connectivity index (χ0) is 12.8. The topological polar surface area (TPSA) is 48.4 Å². The van der Waals surface area contributed by atoms with E-state index in [1.807, 2.05) is 0 Å². The fourth-order valence-corrected chi connectivity index (χ4v) is 2.20. The summed E-state index contributed by atoms with van der Waals surface area (Å²) in [5, 5.41) is 0. The van der Waals surface area contributed by atoms with Gasteiger partial charge >= 0.3 is 5.97 Å². The normalized spacial score (nSPS) is 16.9. The zero-order valence-corrected chi connectivity index (χ0v) is 10.7. The Balaban J connectivity index is 1.93. The molecule has 4 nitrogen and oxygen atoms in total. The molecule has 0 aliphatic heterocycles. The van der Waals surface area contributed by atoms with Gasteiger partial charge in [-0.3, -0.25) is 0 Å². The number of aromatic nitrogens is 1. The summed E-state index contributed by atoms with van der Waals surface area (Å²) in [5.41, 5.74) is 0.486. The summed E-state index contributed by atoms with van der Waals surface area (Å²) in [7, 11) is 1.55. The minimum atomic E-state index is -0.281. The molecule has 1 saturated carbocycles. The van der Waals surface area contributed by atoms with Gasteiger partial charge in [0.2, 0.25) is 5.88 Å². The number of ether oxygens (including phenoxy) is 2. The Morgan fingerprint density at radius 3 is 2.50 bits per heavy atom. The van der Waals surface area contributed by atoms with Crippen molar-refractivity contribution in [2.75, 3.05) is 7.11 Å². The summed E-state index contributed by atoms with van der Waals surface area (Å²) in [5.74, 6) is 0.220. The van der Waals surface area contributed by atoms with Crippen molar-refractivity contribution in [2.24, 2.45) is 0 Å². The van der Waals surface area contributed by atoms with E-state index in [-0.39, 0.29) is 12.1 Å². The maximum absolute atomic E-state index is 11.9. The number of hydrogen-bond acceptors (Lipinski definition) is 4. The highest BCUT2D eigenvalue weighted by atomic mass is 16.5. The van der Waals surface area contributed by atoms with Crippen molar-refractivity contribution < 1.29 is 14.3 Å². The predicted molar refractivity (Wildman–Crippen MR) is 67.7 cm³/mol. The molecular formula is C14H19NO3. The molecule has 0 saturated heterocycles. The first-order valence-electron chi connectivity index (χ1n) is 6.50. The van der Waals surface area contributed by atoms with Gasteiger partial charge in [0.15, 0.2) is 0 Å². The largest absolute Gasteiger partial charge is 0.481 e. The monoisotopic (exact) mass is 249 g/mol. The van der Waals surface area contributed by atoms with Crippen LogP contribution in [0.2, 0.25) is 0 Å². The average Bonchev–Trinajstić information content (AvgIpc) is 2.67. The second kappa shape index (κ2) is 6.38. The lowest BCUT2D eigenvalue weighted by atomic mass is 10.1. The summed E-state index contributed by atoms with van der Waals surface area (Å²) in [4.78, 5) is 15.9. The quantitative estimate of drug-likeness (QED) is 0.610. The molecule has 1 heterocycles.